The lowest BCUT2D eigenvalue weighted by atomic mass is 10.1. The third-order valence-electron chi connectivity index (χ3n) is 5.64. The average Bonchev–Trinajstić information content (AvgIpc) is 2.73. The van der Waals surface area contributed by atoms with Gasteiger partial charge in [0.2, 0.25) is 5.91 Å². The first kappa shape index (κ1) is 26.0. The maximum Gasteiger partial charge on any atom is 0.261 e. The summed E-state index contributed by atoms with van der Waals surface area (Å²) >= 11 is 12.4. The lowest BCUT2D eigenvalue weighted by Crippen LogP contribution is -2.50. The first-order valence-electron chi connectivity index (χ1n) is 10.8. The molecule has 0 aliphatic rings. The van der Waals surface area contributed by atoms with Crippen LogP contribution < -0.4 is 10.1 Å². The Morgan fingerprint density at radius 3 is 2.41 bits per heavy atom. The van der Waals surface area contributed by atoms with E-state index in [4.69, 9.17) is 27.9 Å². The van der Waals surface area contributed by atoms with Gasteiger partial charge in [0.25, 0.3) is 5.91 Å². The highest BCUT2D eigenvalue weighted by atomic mass is 35.5. The number of rotatable bonds is 9. The van der Waals surface area contributed by atoms with Gasteiger partial charge in [0.15, 0.2) is 6.61 Å². The molecular formula is C25H32Cl2N2O3. The molecule has 2 rings (SSSR count). The van der Waals surface area contributed by atoms with Gasteiger partial charge in [-0.25, -0.2) is 0 Å². The van der Waals surface area contributed by atoms with Crippen molar-refractivity contribution in [2.24, 2.45) is 0 Å². The fourth-order valence-electron chi connectivity index (χ4n) is 3.25. The van der Waals surface area contributed by atoms with Crippen molar-refractivity contribution in [3.8, 4) is 5.75 Å². The van der Waals surface area contributed by atoms with Gasteiger partial charge in [-0.3, -0.25) is 9.59 Å². The maximum atomic E-state index is 13.2. The van der Waals surface area contributed by atoms with Gasteiger partial charge in [0.1, 0.15) is 11.8 Å². The molecule has 2 aromatic rings. The maximum absolute atomic E-state index is 13.2. The predicted octanol–water partition coefficient (Wildman–Crippen LogP) is 5.63. The Balaban J connectivity index is 2.26. The summed E-state index contributed by atoms with van der Waals surface area (Å²) in [6, 6.07) is 8.39. The second-order valence-corrected chi connectivity index (χ2v) is 9.09. The molecule has 0 saturated heterocycles. The number of carbonyl (C=O) groups is 2. The fraction of sp³-hybridized carbons (Fsp3) is 0.440. The number of amides is 2. The Kier molecular flexibility index (Phi) is 9.41. The van der Waals surface area contributed by atoms with Crippen molar-refractivity contribution in [3.05, 3.63) is 62.6 Å². The first-order valence-corrected chi connectivity index (χ1v) is 11.5. The SMILES string of the molecule is CC[C@@H](C)NC(=O)[C@H](C)N(Cc1ccc(Cl)cc1Cl)C(=O)COc1cc(C)cc(C)c1C. The molecule has 1 N–H and O–H groups in total. The van der Waals surface area contributed by atoms with E-state index in [9.17, 15) is 9.59 Å². The average molecular weight is 479 g/mol. The van der Waals surface area contributed by atoms with E-state index < -0.39 is 6.04 Å². The summed E-state index contributed by atoms with van der Waals surface area (Å²) in [6.45, 7) is 11.6. The van der Waals surface area contributed by atoms with E-state index in [1.807, 2.05) is 40.7 Å². The molecule has 2 amide bonds. The molecule has 0 spiro atoms. The van der Waals surface area contributed by atoms with Gasteiger partial charge >= 0.3 is 0 Å². The van der Waals surface area contributed by atoms with E-state index in [2.05, 4.69) is 11.4 Å². The third-order valence-corrected chi connectivity index (χ3v) is 6.23. The number of hydrogen-bond donors (Lipinski definition) is 1. The van der Waals surface area contributed by atoms with E-state index in [1.165, 1.54) is 4.90 Å². The predicted molar refractivity (Wildman–Crippen MR) is 131 cm³/mol. The highest BCUT2D eigenvalue weighted by molar-refractivity contribution is 6.35. The Labute approximate surface area is 201 Å². The van der Waals surface area contributed by atoms with Gasteiger partial charge in [-0.05, 0) is 81.5 Å². The van der Waals surface area contributed by atoms with Gasteiger partial charge in [0.05, 0.1) is 0 Å². The topological polar surface area (TPSA) is 58.6 Å². The number of aryl methyl sites for hydroxylation is 2. The van der Waals surface area contributed by atoms with Crippen LogP contribution in [0.3, 0.4) is 0 Å². The zero-order valence-electron chi connectivity index (χ0n) is 19.6. The second kappa shape index (κ2) is 11.6. The summed E-state index contributed by atoms with van der Waals surface area (Å²) in [5.74, 6) is 0.138. The summed E-state index contributed by atoms with van der Waals surface area (Å²) in [5.41, 5.74) is 3.84. The summed E-state index contributed by atoms with van der Waals surface area (Å²) in [7, 11) is 0. The molecule has 0 aromatic heterocycles. The number of hydrogen-bond acceptors (Lipinski definition) is 3. The molecule has 0 fully saturated rings. The molecule has 174 valence electrons. The Morgan fingerprint density at radius 1 is 1.09 bits per heavy atom. The monoisotopic (exact) mass is 478 g/mol. The number of carbonyl (C=O) groups excluding carboxylic acids is 2. The first-order chi connectivity index (χ1) is 15.0. The Morgan fingerprint density at radius 2 is 1.78 bits per heavy atom. The molecule has 0 bridgehead atoms. The van der Waals surface area contributed by atoms with Crippen molar-refractivity contribution in [2.45, 2.75) is 66.6 Å². The van der Waals surface area contributed by atoms with E-state index >= 15 is 0 Å². The number of halogens is 2. The standard InChI is InChI=1S/C25H32Cl2N2O3/c1-7-17(4)28-25(31)19(6)29(13-20-8-9-21(26)12-22(20)27)24(30)14-32-23-11-15(2)10-16(3)18(23)5/h8-12,17,19H,7,13-14H2,1-6H3,(H,28,31)/t17-,19+/m1/s1. The quantitative estimate of drug-likeness (QED) is 0.507. The van der Waals surface area contributed by atoms with E-state index in [-0.39, 0.29) is 31.0 Å². The second-order valence-electron chi connectivity index (χ2n) is 8.24. The smallest absolute Gasteiger partial charge is 0.261 e. The minimum atomic E-state index is -0.702. The highest BCUT2D eigenvalue weighted by Gasteiger charge is 2.28. The number of ether oxygens (including phenoxy) is 1. The van der Waals surface area contributed by atoms with Crippen molar-refractivity contribution >= 4 is 35.0 Å². The van der Waals surface area contributed by atoms with E-state index in [0.717, 1.165) is 23.1 Å². The normalized spacial score (nSPS) is 12.8. The van der Waals surface area contributed by atoms with Gasteiger partial charge in [-0.15, -0.1) is 0 Å². The molecule has 0 aliphatic heterocycles. The van der Waals surface area contributed by atoms with Crippen LogP contribution in [-0.2, 0) is 16.1 Å². The summed E-state index contributed by atoms with van der Waals surface area (Å²) in [6.07, 6.45) is 0.796. The Hall–Kier alpha value is -2.24. The van der Waals surface area contributed by atoms with Crippen LogP contribution in [0.25, 0.3) is 0 Å². The van der Waals surface area contributed by atoms with Crippen molar-refractivity contribution in [1.82, 2.24) is 10.2 Å². The zero-order valence-corrected chi connectivity index (χ0v) is 21.1. The summed E-state index contributed by atoms with van der Waals surface area (Å²) in [4.78, 5) is 27.5. The largest absolute Gasteiger partial charge is 0.483 e. The molecular weight excluding hydrogens is 447 g/mol. The van der Waals surface area contributed by atoms with E-state index in [0.29, 0.717) is 21.4 Å². The third kappa shape index (κ3) is 6.88. The van der Waals surface area contributed by atoms with Crippen LogP contribution in [0.1, 0.15) is 49.4 Å². The van der Waals surface area contributed by atoms with Crippen LogP contribution >= 0.6 is 23.2 Å². The van der Waals surface area contributed by atoms with Gasteiger partial charge in [-0.1, -0.05) is 42.3 Å². The van der Waals surface area contributed by atoms with Gasteiger partial charge < -0.3 is 15.0 Å². The van der Waals surface area contributed by atoms with Crippen LogP contribution in [0.2, 0.25) is 10.0 Å². The van der Waals surface area contributed by atoms with Crippen molar-refractivity contribution < 1.29 is 14.3 Å². The van der Waals surface area contributed by atoms with Gasteiger partial charge in [-0.2, -0.15) is 0 Å². The molecule has 0 radical (unpaired) electrons. The molecule has 5 nitrogen and oxygen atoms in total. The number of nitrogens with zero attached hydrogens (tertiary/aromatic N) is 1. The minimum absolute atomic E-state index is 0.00944. The Bertz CT molecular complexity index is 978. The van der Waals surface area contributed by atoms with Crippen molar-refractivity contribution in [1.29, 1.82) is 0 Å². The fourth-order valence-corrected chi connectivity index (χ4v) is 3.72. The molecule has 0 aliphatic carbocycles. The van der Waals surface area contributed by atoms with Crippen LogP contribution in [0.4, 0.5) is 0 Å². The summed E-state index contributed by atoms with van der Waals surface area (Å²) in [5, 5.41) is 3.89. The zero-order chi connectivity index (χ0) is 24.0. The van der Waals surface area contributed by atoms with Crippen LogP contribution in [-0.4, -0.2) is 35.4 Å². The summed E-state index contributed by atoms with van der Waals surface area (Å²) < 4.78 is 5.88. The molecule has 0 unspecified atom stereocenters. The number of benzene rings is 2. The highest BCUT2D eigenvalue weighted by Crippen LogP contribution is 2.25. The van der Waals surface area contributed by atoms with Crippen LogP contribution in [0, 0.1) is 20.8 Å². The van der Waals surface area contributed by atoms with Gasteiger partial charge in [0, 0.05) is 22.6 Å². The molecule has 2 atom stereocenters. The minimum Gasteiger partial charge on any atom is -0.483 e. The lowest BCUT2D eigenvalue weighted by Gasteiger charge is -2.30. The number of nitrogens with one attached hydrogen (secondary N) is 1. The molecule has 0 heterocycles. The molecule has 0 saturated carbocycles. The molecule has 2 aromatic carbocycles. The van der Waals surface area contributed by atoms with Crippen molar-refractivity contribution in [2.75, 3.05) is 6.61 Å². The lowest BCUT2D eigenvalue weighted by molar-refractivity contribution is -0.142. The van der Waals surface area contributed by atoms with Crippen LogP contribution in [0.15, 0.2) is 30.3 Å². The van der Waals surface area contributed by atoms with Crippen LogP contribution in [0.5, 0.6) is 5.75 Å². The molecule has 32 heavy (non-hydrogen) atoms. The molecule has 7 heteroatoms. The van der Waals surface area contributed by atoms with E-state index in [1.54, 1.807) is 25.1 Å². The van der Waals surface area contributed by atoms with Crippen molar-refractivity contribution in [3.63, 3.8) is 0 Å².